The summed E-state index contributed by atoms with van der Waals surface area (Å²) in [6, 6.07) is 11.0. The van der Waals surface area contributed by atoms with Crippen molar-refractivity contribution in [2.45, 2.75) is 20.8 Å². The van der Waals surface area contributed by atoms with Gasteiger partial charge in [0.05, 0.1) is 17.3 Å². The van der Waals surface area contributed by atoms with E-state index in [1.54, 1.807) is 58.2 Å². The molecule has 0 atom stereocenters. The van der Waals surface area contributed by atoms with Crippen LogP contribution in [0.25, 0.3) is 17.3 Å². The average molecular weight is 425 g/mol. The van der Waals surface area contributed by atoms with Crippen LogP contribution in [0.2, 0.25) is 0 Å². The van der Waals surface area contributed by atoms with Crippen molar-refractivity contribution >= 4 is 40.1 Å². The lowest BCUT2D eigenvalue weighted by atomic mass is 9.87. The fourth-order valence-corrected chi connectivity index (χ4v) is 4.43. The highest BCUT2D eigenvalue weighted by Crippen LogP contribution is 2.20. The van der Waals surface area contributed by atoms with E-state index < -0.39 is 5.41 Å². The minimum atomic E-state index is -0.748. The Morgan fingerprint density at radius 1 is 1.28 bits per heavy atom. The van der Waals surface area contributed by atoms with Gasteiger partial charge in [-0.1, -0.05) is 26.8 Å². The molecular weight excluding hydrogens is 404 g/mol. The molecule has 0 aliphatic carbocycles. The van der Waals surface area contributed by atoms with Gasteiger partial charge in [-0.05, 0) is 40.6 Å². The predicted octanol–water partition coefficient (Wildman–Crippen LogP) is 3.09. The van der Waals surface area contributed by atoms with Gasteiger partial charge in [-0.3, -0.25) is 14.2 Å². The standard InChI is InChI=1S/C22H20N2O3S2/c1-22(2,3)19(25)17(12-23)21-24(15-6-5-7-16(11-15)27-4)20(26)18(29-21)10-14-8-9-28-13-14/h5-11,13H,1-4H3/b18-10+,21-17-. The van der Waals surface area contributed by atoms with Crippen molar-refractivity contribution in [2.24, 2.45) is 5.41 Å². The molecule has 148 valence electrons. The number of aromatic nitrogens is 1. The number of rotatable bonds is 4. The van der Waals surface area contributed by atoms with Crippen LogP contribution in [0.3, 0.4) is 0 Å². The Bertz CT molecular complexity index is 1270. The summed E-state index contributed by atoms with van der Waals surface area (Å²) < 4.78 is 7.48. The van der Waals surface area contributed by atoms with E-state index in [2.05, 4.69) is 0 Å². The molecule has 2 aromatic heterocycles. The van der Waals surface area contributed by atoms with E-state index in [0.717, 1.165) is 16.9 Å². The highest BCUT2D eigenvalue weighted by atomic mass is 32.1. The van der Waals surface area contributed by atoms with Crippen molar-refractivity contribution in [1.29, 1.82) is 5.26 Å². The average Bonchev–Trinajstić information content (AvgIpc) is 3.30. The monoisotopic (exact) mass is 424 g/mol. The molecule has 0 amide bonds. The first kappa shape index (κ1) is 20.8. The zero-order valence-corrected chi connectivity index (χ0v) is 18.2. The molecule has 0 radical (unpaired) electrons. The van der Waals surface area contributed by atoms with Gasteiger partial charge in [0, 0.05) is 11.5 Å². The number of methoxy groups -OCH3 is 1. The summed E-state index contributed by atoms with van der Waals surface area (Å²) >= 11 is 2.68. The van der Waals surface area contributed by atoms with Crippen molar-refractivity contribution in [3.8, 4) is 17.5 Å². The number of nitrogens with zero attached hydrogens (tertiary/aromatic N) is 2. The van der Waals surface area contributed by atoms with E-state index in [4.69, 9.17) is 4.74 Å². The molecule has 5 nitrogen and oxygen atoms in total. The minimum absolute atomic E-state index is 0.0209. The van der Waals surface area contributed by atoms with Crippen LogP contribution in [-0.4, -0.2) is 17.5 Å². The molecule has 29 heavy (non-hydrogen) atoms. The molecule has 0 N–H and O–H groups in total. The van der Waals surface area contributed by atoms with Gasteiger partial charge < -0.3 is 4.74 Å². The number of thiophene rings is 1. The van der Waals surface area contributed by atoms with Gasteiger partial charge in [0.1, 0.15) is 22.1 Å². The quantitative estimate of drug-likeness (QED) is 0.645. The third-order valence-electron chi connectivity index (χ3n) is 4.21. The number of benzene rings is 1. The van der Waals surface area contributed by atoms with Gasteiger partial charge >= 0.3 is 0 Å². The summed E-state index contributed by atoms with van der Waals surface area (Å²) in [7, 11) is 1.54. The summed E-state index contributed by atoms with van der Waals surface area (Å²) in [6.07, 6.45) is 1.78. The molecule has 0 aliphatic heterocycles. The van der Waals surface area contributed by atoms with Gasteiger partial charge in [0.25, 0.3) is 5.56 Å². The number of hydrogen-bond donors (Lipinski definition) is 0. The molecule has 0 fully saturated rings. The van der Waals surface area contributed by atoms with Crippen molar-refractivity contribution in [3.05, 3.63) is 66.2 Å². The number of nitriles is 1. The van der Waals surface area contributed by atoms with Gasteiger partial charge in [0.15, 0.2) is 5.78 Å². The van der Waals surface area contributed by atoms with Crippen molar-refractivity contribution < 1.29 is 9.53 Å². The lowest BCUT2D eigenvalue weighted by Crippen LogP contribution is -2.33. The number of hydrogen-bond acceptors (Lipinski definition) is 6. The van der Waals surface area contributed by atoms with Crippen LogP contribution in [0.5, 0.6) is 5.75 Å². The lowest BCUT2D eigenvalue weighted by molar-refractivity contribution is -0.120. The Labute approximate surface area is 176 Å². The molecule has 0 saturated carbocycles. The molecule has 3 rings (SSSR count). The van der Waals surface area contributed by atoms with E-state index in [1.165, 1.54) is 15.9 Å². The maximum absolute atomic E-state index is 13.3. The largest absolute Gasteiger partial charge is 0.497 e. The lowest BCUT2D eigenvalue weighted by Gasteiger charge is -2.15. The zero-order chi connectivity index (χ0) is 21.2. The number of carbonyl (C=O) groups is 1. The Morgan fingerprint density at radius 2 is 2.03 bits per heavy atom. The first-order valence-corrected chi connectivity index (χ1v) is 10.6. The number of Topliss-reactive ketones (excluding diaryl/α,β-unsaturated/α-hetero) is 1. The van der Waals surface area contributed by atoms with E-state index in [-0.39, 0.29) is 16.9 Å². The fourth-order valence-electron chi connectivity index (χ4n) is 2.71. The Balaban J connectivity index is 2.44. The van der Waals surface area contributed by atoms with Crippen LogP contribution in [0.4, 0.5) is 0 Å². The van der Waals surface area contributed by atoms with Gasteiger partial charge in [-0.15, -0.1) is 11.3 Å². The zero-order valence-electron chi connectivity index (χ0n) is 16.6. The number of ether oxygens (including phenoxy) is 1. The SMILES string of the molecule is COc1cccc(-n2c(=O)/c(=C\c3ccsc3)s/c2=C(/C#N)C(=O)C(C)(C)C)c1. The number of thiazole rings is 1. The molecule has 7 heteroatoms. The van der Waals surface area contributed by atoms with Crippen molar-refractivity contribution in [2.75, 3.05) is 7.11 Å². The number of ketones is 1. The van der Waals surface area contributed by atoms with E-state index in [0.29, 0.717) is 20.6 Å². The summed E-state index contributed by atoms with van der Waals surface area (Å²) in [4.78, 5) is 26.2. The minimum Gasteiger partial charge on any atom is -0.497 e. The second-order valence-corrected chi connectivity index (χ2v) is 9.19. The first-order valence-electron chi connectivity index (χ1n) is 8.85. The van der Waals surface area contributed by atoms with Crippen LogP contribution in [-0.2, 0) is 4.79 Å². The Morgan fingerprint density at radius 3 is 2.62 bits per heavy atom. The summed E-state index contributed by atoms with van der Waals surface area (Å²) in [5.41, 5.74) is 0.395. The third kappa shape index (κ3) is 4.24. The highest BCUT2D eigenvalue weighted by molar-refractivity contribution is 7.08. The van der Waals surface area contributed by atoms with E-state index in [9.17, 15) is 14.9 Å². The van der Waals surface area contributed by atoms with Gasteiger partial charge in [-0.2, -0.15) is 16.6 Å². The maximum Gasteiger partial charge on any atom is 0.273 e. The summed E-state index contributed by atoms with van der Waals surface area (Å²) in [6.45, 7) is 5.27. The molecular formula is C22H20N2O3S2. The maximum atomic E-state index is 13.3. The topological polar surface area (TPSA) is 72.1 Å². The van der Waals surface area contributed by atoms with Crippen LogP contribution < -0.4 is 19.5 Å². The highest BCUT2D eigenvalue weighted by Gasteiger charge is 2.27. The summed E-state index contributed by atoms with van der Waals surface area (Å²) in [5, 5.41) is 13.7. The second-order valence-electron chi connectivity index (χ2n) is 7.38. The molecule has 0 spiro atoms. The van der Waals surface area contributed by atoms with Crippen LogP contribution in [0, 0.1) is 16.7 Å². The van der Waals surface area contributed by atoms with Gasteiger partial charge in [0.2, 0.25) is 0 Å². The normalized spacial score (nSPS) is 13.1. The van der Waals surface area contributed by atoms with E-state index >= 15 is 0 Å². The molecule has 0 bridgehead atoms. The molecule has 2 heterocycles. The van der Waals surface area contributed by atoms with Crippen LogP contribution >= 0.6 is 22.7 Å². The second kappa shape index (κ2) is 8.19. The molecule has 3 aromatic rings. The molecule has 0 unspecified atom stereocenters. The Kier molecular flexibility index (Phi) is 5.87. The number of carbonyl (C=O) groups excluding carboxylic acids is 1. The summed E-state index contributed by atoms with van der Waals surface area (Å²) in [5.74, 6) is 0.274. The third-order valence-corrected chi connectivity index (χ3v) is 6.00. The van der Waals surface area contributed by atoms with E-state index in [1.807, 2.05) is 22.9 Å². The van der Waals surface area contributed by atoms with Crippen molar-refractivity contribution in [3.63, 3.8) is 0 Å². The van der Waals surface area contributed by atoms with Crippen molar-refractivity contribution in [1.82, 2.24) is 4.57 Å². The van der Waals surface area contributed by atoms with Crippen LogP contribution in [0.15, 0.2) is 45.9 Å². The first-order chi connectivity index (χ1) is 13.8. The molecule has 1 aromatic carbocycles. The van der Waals surface area contributed by atoms with Crippen LogP contribution in [0.1, 0.15) is 26.3 Å². The van der Waals surface area contributed by atoms with Gasteiger partial charge in [-0.25, -0.2) is 0 Å². The molecule has 0 saturated heterocycles. The molecule has 0 aliphatic rings. The Hall–Kier alpha value is -2.95. The fraction of sp³-hybridized carbons (Fsp3) is 0.227. The smallest absolute Gasteiger partial charge is 0.273 e. The predicted molar refractivity (Wildman–Crippen MR) is 117 cm³/mol.